The van der Waals surface area contributed by atoms with Crippen LogP contribution < -0.4 is 9.80 Å². The molecule has 8 rings (SSSR count). The molecule has 0 radical (unpaired) electrons. The van der Waals surface area contributed by atoms with Gasteiger partial charge in [0.2, 0.25) is 0 Å². The molecule has 7 aromatic carbocycles. The van der Waals surface area contributed by atoms with Gasteiger partial charge in [-0.3, -0.25) is 0 Å². The van der Waals surface area contributed by atoms with E-state index in [1.54, 1.807) is 0 Å². The second-order valence-electron chi connectivity index (χ2n) is 17.8. The Kier molecular flexibility index (Phi) is 9.06. The summed E-state index contributed by atoms with van der Waals surface area (Å²) in [7, 11) is 0. The van der Waals surface area contributed by atoms with Crippen LogP contribution in [-0.2, 0) is 16.2 Å². The Labute approximate surface area is 338 Å². The van der Waals surface area contributed by atoms with Gasteiger partial charge in [-0.2, -0.15) is 5.26 Å². The molecule has 4 heteroatoms. The Hall–Kier alpha value is -6.62. The third-order valence-corrected chi connectivity index (χ3v) is 11.6. The van der Waals surface area contributed by atoms with Crippen LogP contribution in [0.2, 0.25) is 0 Å². The Morgan fingerprint density at radius 2 is 1.02 bits per heavy atom. The highest BCUT2D eigenvalue weighted by atomic mass is 15.1. The van der Waals surface area contributed by atoms with Gasteiger partial charge in [-0.15, -0.1) is 0 Å². The van der Waals surface area contributed by atoms with Crippen LogP contribution in [0, 0.1) is 17.9 Å². The Morgan fingerprint density at radius 3 is 1.53 bits per heavy atom. The van der Waals surface area contributed by atoms with E-state index >= 15 is 0 Å². The van der Waals surface area contributed by atoms with Crippen molar-refractivity contribution in [2.24, 2.45) is 0 Å². The van der Waals surface area contributed by atoms with Crippen LogP contribution in [0.1, 0.15) is 83.2 Å². The first kappa shape index (κ1) is 37.3. The molecule has 0 unspecified atom stereocenters. The molecule has 0 aliphatic heterocycles. The smallest absolute Gasteiger partial charge is 0.187 e. The molecule has 0 saturated heterocycles. The highest BCUT2D eigenvalue weighted by molar-refractivity contribution is 6.10. The summed E-state index contributed by atoms with van der Waals surface area (Å²) in [4.78, 5) is 8.31. The monoisotopic (exact) mass is 740 g/mol. The minimum Gasteiger partial charge on any atom is -0.311 e. The fourth-order valence-corrected chi connectivity index (χ4v) is 8.33. The number of anilines is 6. The van der Waals surface area contributed by atoms with Crippen LogP contribution in [-0.4, -0.2) is 0 Å². The van der Waals surface area contributed by atoms with E-state index in [0.29, 0.717) is 11.3 Å². The van der Waals surface area contributed by atoms with Gasteiger partial charge in [0.05, 0.1) is 23.9 Å². The highest BCUT2D eigenvalue weighted by Crippen LogP contribution is 2.56. The first-order valence-corrected chi connectivity index (χ1v) is 19.7. The van der Waals surface area contributed by atoms with Crippen molar-refractivity contribution >= 4 is 50.6 Å². The third-order valence-electron chi connectivity index (χ3n) is 11.6. The molecule has 1 aliphatic rings. The Balaban J connectivity index is 1.31. The van der Waals surface area contributed by atoms with Gasteiger partial charge >= 0.3 is 0 Å². The van der Waals surface area contributed by atoms with E-state index in [4.69, 9.17) is 6.57 Å². The molecule has 0 saturated carbocycles. The molecule has 0 N–H and O–H groups in total. The standard InChI is InChI=1S/C53H48N4/c1-51(2,3)36-16-24-39(25-17-36)56(40-28-20-38(55-9)21-29-40)43-30-31-46-47(32-43)53(7,8)48-33-49(44-12-10-11-13-45(44)50(46)48)57(41-22-14-35(34-54)15-23-41)42-26-18-37(19-27-42)52(4,5)6/h10-33H,1-8H3. The molecule has 0 heterocycles. The number of nitriles is 1. The molecule has 0 atom stereocenters. The van der Waals surface area contributed by atoms with Gasteiger partial charge in [0.15, 0.2) is 5.69 Å². The molecule has 0 bridgehead atoms. The maximum Gasteiger partial charge on any atom is 0.187 e. The predicted octanol–water partition coefficient (Wildman–Crippen LogP) is 15.1. The maximum absolute atomic E-state index is 9.67. The highest BCUT2D eigenvalue weighted by Gasteiger charge is 2.38. The maximum atomic E-state index is 9.67. The van der Waals surface area contributed by atoms with Crippen molar-refractivity contribution in [2.75, 3.05) is 9.80 Å². The fourth-order valence-electron chi connectivity index (χ4n) is 8.33. The molecule has 0 fully saturated rings. The van der Waals surface area contributed by atoms with Crippen LogP contribution in [0.25, 0.3) is 26.7 Å². The van der Waals surface area contributed by atoms with Crippen LogP contribution in [0.15, 0.2) is 146 Å². The lowest BCUT2D eigenvalue weighted by Gasteiger charge is -2.31. The van der Waals surface area contributed by atoms with Gasteiger partial charge in [-0.25, -0.2) is 4.85 Å². The van der Waals surface area contributed by atoms with Crippen molar-refractivity contribution in [3.8, 4) is 17.2 Å². The zero-order valence-corrected chi connectivity index (χ0v) is 34.1. The summed E-state index contributed by atoms with van der Waals surface area (Å²) in [6, 6.07) is 54.0. The normalized spacial score (nSPS) is 13.0. The van der Waals surface area contributed by atoms with Crippen molar-refractivity contribution in [1.29, 1.82) is 5.26 Å². The number of hydrogen-bond acceptors (Lipinski definition) is 3. The first-order chi connectivity index (χ1) is 27.2. The molecule has 7 aromatic rings. The van der Waals surface area contributed by atoms with E-state index in [2.05, 4.69) is 185 Å². The van der Waals surface area contributed by atoms with E-state index in [0.717, 1.165) is 39.5 Å². The summed E-state index contributed by atoms with van der Waals surface area (Å²) in [5.74, 6) is 0. The summed E-state index contributed by atoms with van der Waals surface area (Å²) in [5, 5.41) is 12.0. The number of hydrogen-bond donors (Lipinski definition) is 0. The molecular weight excluding hydrogens is 693 g/mol. The zero-order valence-electron chi connectivity index (χ0n) is 34.1. The second kappa shape index (κ2) is 13.8. The van der Waals surface area contributed by atoms with Crippen molar-refractivity contribution < 1.29 is 0 Å². The van der Waals surface area contributed by atoms with Crippen LogP contribution in [0.3, 0.4) is 0 Å². The molecule has 0 amide bonds. The number of rotatable bonds is 6. The quantitative estimate of drug-likeness (QED) is 0.159. The van der Waals surface area contributed by atoms with Crippen molar-refractivity contribution in [3.05, 3.63) is 185 Å². The van der Waals surface area contributed by atoms with E-state index in [9.17, 15) is 5.26 Å². The molecule has 57 heavy (non-hydrogen) atoms. The Morgan fingerprint density at radius 1 is 0.544 bits per heavy atom. The average molecular weight is 741 g/mol. The molecule has 0 aromatic heterocycles. The summed E-state index contributed by atoms with van der Waals surface area (Å²) in [6.07, 6.45) is 0. The molecule has 0 spiro atoms. The largest absolute Gasteiger partial charge is 0.311 e. The van der Waals surface area contributed by atoms with Crippen LogP contribution >= 0.6 is 0 Å². The van der Waals surface area contributed by atoms with Gasteiger partial charge in [0.25, 0.3) is 0 Å². The van der Waals surface area contributed by atoms with Crippen LogP contribution in [0.4, 0.5) is 39.8 Å². The van der Waals surface area contributed by atoms with E-state index < -0.39 is 0 Å². The Bertz CT molecular complexity index is 2710. The number of benzene rings is 7. The second-order valence-corrected chi connectivity index (χ2v) is 17.8. The van der Waals surface area contributed by atoms with Gasteiger partial charge < -0.3 is 9.80 Å². The van der Waals surface area contributed by atoms with Crippen LogP contribution in [0.5, 0.6) is 0 Å². The predicted molar refractivity (Wildman–Crippen MR) is 239 cm³/mol. The summed E-state index contributed by atoms with van der Waals surface area (Å²) in [5.41, 5.74) is 14.9. The molecule has 1 aliphatic carbocycles. The van der Waals surface area contributed by atoms with E-state index in [1.807, 2.05) is 36.4 Å². The van der Waals surface area contributed by atoms with Gasteiger partial charge in [0.1, 0.15) is 0 Å². The summed E-state index contributed by atoms with van der Waals surface area (Å²) in [6.45, 7) is 25.7. The van der Waals surface area contributed by atoms with Crippen molar-refractivity contribution in [3.63, 3.8) is 0 Å². The van der Waals surface area contributed by atoms with Gasteiger partial charge in [0, 0.05) is 39.2 Å². The van der Waals surface area contributed by atoms with Crippen molar-refractivity contribution in [1.82, 2.24) is 0 Å². The zero-order chi connectivity index (χ0) is 40.3. The summed E-state index contributed by atoms with van der Waals surface area (Å²) < 4.78 is 0. The molecule has 4 nitrogen and oxygen atoms in total. The molecule has 280 valence electrons. The van der Waals surface area contributed by atoms with E-state index in [-0.39, 0.29) is 16.2 Å². The minimum atomic E-state index is -0.332. The van der Waals surface area contributed by atoms with E-state index in [1.165, 1.54) is 38.8 Å². The number of fused-ring (bicyclic) bond motifs is 5. The lowest BCUT2D eigenvalue weighted by Crippen LogP contribution is -2.18. The SMILES string of the molecule is [C-]#[N+]c1ccc(N(c2ccc(C(C)(C)C)cc2)c2ccc3c(c2)C(C)(C)c2cc(N(c4ccc(C#N)cc4)c4ccc(C(C)(C)C)cc4)c4ccccc4c2-3)cc1. The molecular formula is C53H48N4. The topological polar surface area (TPSA) is 34.6 Å². The van der Waals surface area contributed by atoms with Gasteiger partial charge in [-0.05, 0) is 128 Å². The third kappa shape index (κ3) is 6.62. The summed E-state index contributed by atoms with van der Waals surface area (Å²) >= 11 is 0. The fraction of sp³-hybridized carbons (Fsp3) is 0.208. The van der Waals surface area contributed by atoms with Gasteiger partial charge in [-0.1, -0.05) is 122 Å². The van der Waals surface area contributed by atoms with Crippen molar-refractivity contribution in [2.45, 2.75) is 71.6 Å². The lowest BCUT2D eigenvalue weighted by atomic mass is 9.81. The minimum absolute atomic E-state index is 0.0272. The lowest BCUT2D eigenvalue weighted by molar-refractivity contribution is 0.590. The number of nitrogens with zero attached hydrogens (tertiary/aromatic N) is 4. The average Bonchev–Trinajstić information content (AvgIpc) is 3.43. The first-order valence-electron chi connectivity index (χ1n) is 19.7.